The summed E-state index contributed by atoms with van der Waals surface area (Å²) in [7, 11) is 0. The van der Waals surface area contributed by atoms with Crippen LogP contribution in [0.3, 0.4) is 0 Å². The average molecular weight is 382 g/mol. The summed E-state index contributed by atoms with van der Waals surface area (Å²) in [6, 6.07) is 12.8. The lowest BCUT2D eigenvalue weighted by Crippen LogP contribution is -2.38. The molecule has 3 N–H and O–H groups in total. The van der Waals surface area contributed by atoms with E-state index >= 15 is 0 Å². The van der Waals surface area contributed by atoms with Gasteiger partial charge in [0.2, 0.25) is 0 Å². The summed E-state index contributed by atoms with van der Waals surface area (Å²) in [4.78, 5) is 0. The van der Waals surface area contributed by atoms with E-state index in [1.54, 1.807) is 12.1 Å². The molecule has 4 nitrogen and oxygen atoms in total. The first-order valence-corrected chi connectivity index (χ1v) is 8.36. The molecule has 0 fully saturated rings. The van der Waals surface area contributed by atoms with Gasteiger partial charge in [0.1, 0.15) is 5.75 Å². The summed E-state index contributed by atoms with van der Waals surface area (Å²) < 4.78 is 5.39. The van der Waals surface area contributed by atoms with E-state index in [1.165, 1.54) is 0 Å². The number of hydrogen-bond acceptors (Lipinski definition) is 3. The van der Waals surface area contributed by atoms with Crippen molar-refractivity contribution in [1.82, 2.24) is 10.9 Å². The molecule has 126 valence electrons. The maximum absolute atomic E-state index is 5.99. The van der Waals surface area contributed by atoms with Gasteiger partial charge < -0.3 is 10.1 Å². The third kappa shape index (κ3) is 5.30. The summed E-state index contributed by atoms with van der Waals surface area (Å²) in [6.07, 6.45) is 0. The minimum Gasteiger partial charge on any atom is -0.494 e. The van der Waals surface area contributed by atoms with Crippen molar-refractivity contribution in [2.75, 3.05) is 11.9 Å². The SMILES string of the molecule is C=C(NNC(=S)Nc1ccc(OCC)cc1)c1ccc(Cl)c(Cl)c1. The zero-order valence-corrected chi connectivity index (χ0v) is 15.4. The number of halogens is 2. The first kappa shape index (κ1) is 18.4. The Balaban J connectivity index is 1.86. The molecule has 0 amide bonds. The fourth-order valence-corrected chi connectivity index (χ4v) is 2.32. The number of thiocarbonyl (C=S) groups is 1. The molecule has 0 heterocycles. The molecule has 0 aliphatic carbocycles. The largest absolute Gasteiger partial charge is 0.494 e. The number of hydrogen-bond donors (Lipinski definition) is 3. The molecule has 0 radical (unpaired) electrons. The fraction of sp³-hybridized carbons (Fsp3) is 0.118. The molecule has 2 aromatic rings. The van der Waals surface area contributed by atoms with Crippen LogP contribution in [0.5, 0.6) is 5.75 Å². The quantitative estimate of drug-likeness (QED) is 0.492. The van der Waals surface area contributed by atoms with Gasteiger partial charge in [-0.25, -0.2) is 0 Å². The van der Waals surface area contributed by atoms with E-state index in [1.807, 2.05) is 37.3 Å². The Morgan fingerprint density at radius 3 is 2.42 bits per heavy atom. The molecule has 0 saturated heterocycles. The van der Waals surface area contributed by atoms with E-state index in [0.717, 1.165) is 17.0 Å². The topological polar surface area (TPSA) is 45.3 Å². The minimum atomic E-state index is 0.403. The highest BCUT2D eigenvalue weighted by molar-refractivity contribution is 7.80. The molecule has 0 spiro atoms. The smallest absolute Gasteiger partial charge is 0.189 e. The molecule has 0 aromatic heterocycles. The molecule has 7 heteroatoms. The number of rotatable bonds is 6. The average Bonchev–Trinajstić information content (AvgIpc) is 2.57. The Kier molecular flexibility index (Phi) is 6.73. The fourth-order valence-electron chi connectivity index (χ4n) is 1.85. The second kappa shape index (κ2) is 8.78. The van der Waals surface area contributed by atoms with E-state index in [-0.39, 0.29) is 0 Å². The van der Waals surface area contributed by atoms with Crippen molar-refractivity contribution in [2.24, 2.45) is 0 Å². The van der Waals surface area contributed by atoms with Gasteiger partial charge in [-0.2, -0.15) is 0 Å². The molecular weight excluding hydrogens is 365 g/mol. The van der Waals surface area contributed by atoms with Crippen molar-refractivity contribution in [1.29, 1.82) is 0 Å². The zero-order chi connectivity index (χ0) is 17.5. The highest BCUT2D eigenvalue weighted by Crippen LogP contribution is 2.24. The van der Waals surface area contributed by atoms with Crippen LogP contribution >= 0.6 is 35.4 Å². The van der Waals surface area contributed by atoms with E-state index < -0.39 is 0 Å². The third-order valence-electron chi connectivity index (χ3n) is 3.02. The molecule has 2 rings (SSSR count). The van der Waals surface area contributed by atoms with Crippen LogP contribution in [0.2, 0.25) is 10.0 Å². The molecule has 0 aliphatic heterocycles. The highest BCUT2D eigenvalue weighted by atomic mass is 35.5. The lowest BCUT2D eigenvalue weighted by Gasteiger charge is -2.15. The second-order valence-corrected chi connectivity index (χ2v) is 5.99. The number of ether oxygens (including phenoxy) is 1. The maximum Gasteiger partial charge on any atom is 0.189 e. The van der Waals surface area contributed by atoms with Crippen LogP contribution in [0.15, 0.2) is 49.0 Å². The van der Waals surface area contributed by atoms with Crippen LogP contribution in [-0.4, -0.2) is 11.7 Å². The lowest BCUT2D eigenvalue weighted by atomic mass is 10.2. The predicted molar refractivity (Wildman–Crippen MR) is 106 cm³/mol. The van der Waals surface area contributed by atoms with Crippen LogP contribution in [0.25, 0.3) is 5.70 Å². The Morgan fingerprint density at radius 2 is 1.79 bits per heavy atom. The van der Waals surface area contributed by atoms with E-state index in [0.29, 0.717) is 27.5 Å². The van der Waals surface area contributed by atoms with Gasteiger partial charge in [-0.15, -0.1) is 0 Å². The lowest BCUT2D eigenvalue weighted by molar-refractivity contribution is 0.340. The van der Waals surface area contributed by atoms with Gasteiger partial charge in [-0.3, -0.25) is 10.9 Å². The first-order valence-electron chi connectivity index (χ1n) is 7.19. The van der Waals surface area contributed by atoms with Crippen LogP contribution in [0.4, 0.5) is 5.69 Å². The normalized spacial score (nSPS) is 9.96. The van der Waals surface area contributed by atoms with E-state index in [9.17, 15) is 0 Å². The van der Waals surface area contributed by atoms with Crippen molar-refractivity contribution in [2.45, 2.75) is 6.92 Å². The second-order valence-electron chi connectivity index (χ2n) is 4.77. The first-order chi connectivity index (χ1) is 11.5. The third-order valence-corrected chi connectivity index (χ3v) is 3.96. The van der Waals surface area contributed by atoms with Gasteiger partial charge in [0.25, 0.3) is 0 Å². The van der Waals surface area contributed by atoms with Crippen LogP contribution in [0.1, 0.15) is 12.5 Å². The Labute approximate surface area is 156 Å². The van der Waals surface area contributed by atoms with Gasteiger partial charge in [-0.1, -0.05) is 35.8 Å². The summed E-state index contributed by atoms with van der Waals surface area (Å²) in [5.41, 5.74) is 8.06. The number of hydrazine groups is 1. The van der Waals surface area contributed by atoms with Crippen molar-refractivity contribution in [3.8, 4) is 5.75 Å². The van der Waals surface area contributed by atoms with E-state index in [2.05, 4.69) is 22.7 Å². The predicted octanol–water partition coefficient (Wildman–Crippen LogP) is 4.85. The van der Waals surface area contributed by atoms with Crippen LogP contribution in [-0.2, 0) is 0 Å². The highest BCUT2D eigenvalue weighted by Gasteiger charge is 2.04. The molecule has 0 bridgehead atoms. The number of benzene rings is 2. The summed E-state index contributed by atoms with van der Waals surface area (Å²) in [5, 5.41) is 4.41. The maximum atomic E-state index is 5.99. The standard InChI is InChI=1S/C17H17Cl2N3OS/c1-3-23-14-7-5-13(6-8-14)20-17(24)22-21-11(2)12-4-9-15(18)16(19)10-12/h4-10,21H,2-3H2,1H3,(H2,20,22,24). The Morgan fingerprint density at radius 1 is 1.08 bits per heavy atom. The monoisotopic (exact) mass is 381 g/mol. The van der Waals surface area contributed by atoms with Crippen molar-refractivity contribution in [3.63, 3.8) is 0 Å². The molecule has 0 saturated carbocycles. The Hall–Kier alpha value is -1.95. The van der Waals surface area contributed by atoms with Gasteiger partial charge in [0.15, 0.2) is 5.11 Å². The minimum absolute atomic E-state index is 0.403. The molecule has 0 atom stereocenters. The van der Waals surface area contributed by atoms with Gasteiger partial charge in [0, 0.05) is 11.3 Å². The Bertz CT molecular complexity index is 735. The molecule has 0 aliphatic rings. The molecule has 2 aromatic carbocycles. The number of nitrogens with one attached hydrogen (secondary N) is 3. The van der Waals surface area contributed by atoms with Crippen molar-refractivity contribution < 1.29 is 4.74 Å². The van der Waals surface area contributed by atoms with E-state index in [4.69, 9.17) is 40.2 Å². The van der Waals surface area contributed by atoms with Gasteiger partial charge >= 0.3 is 0 Å². The van der Waals surface area contributed by atoms with Crippen molar-refractivity contribution in [3.05, 3.63) is 64.7 Å². The van der Waals surface area contributed by atoms with Gasteiger partial charge in [-0.05, 0) is 55.5 Å². The van der Waals surface area contributed by atoms with Gasteiger partial charge in [0.05, 0.1) is 22.3 Å². The summed E-state index contributed by atoms with van der Waals surface area (Å²) in [5.74, 6) is 0.813. The van der Waals surface area contributed by atoms with Crippen molar-refractivity contribution >= 4 is 51.9 Å². The number of anilines is 1. The molecule has 24 heavy (non-hydrogen) atoms. The zero-order valence-electron chi connectivity index (χ0n) is 13.0. The van der Waals surface area contributed by atoms with Crippen LogP contribution < -0.4 is 20.9 Å². The molecule has 0 unspecified atom stereocenters. The summed E-state index contributed by atoms with van der Waals surface area (Å²) >= 11 is 17.1. The summed E-state index contributed by atoms with van der Waals surface area (Å²) in [6.45, 7) is 6.50. The molecular formula is C17H17Cl2N3OS. The van der Waals surface area contributed by atoms with Crippen LogP contribution in [0, 0.1) is 0 Å².